The molecule has 1 aliphatic heterocycles. The summed E-state index contributed by atoms with van der Waals surface area (Å²) in [5, 5.41) is 3.02. The third-order valence-electron chi connectivity index (χ3n) is 6.54. The standard InChI is InChI=1S/C31H35FN4O2.C2H6/c1-3-8-25(15-24(2)32)13-14-35-23-33-18-29(35)20-36-21-31(37)34-19-28(36)16-27-11-7-12-30(17-27)38-22-26-9-5-4-6-10-26;1-2/h3-12,15,17-18,23,28H,1,13-14,16,19-22H2,2H3,(H,34,37);1-2H3/b24-15+,25-8-;. The molecule has 0 aliphatic carbocycles. The number of ether oxygens (including phenoxy) is 1. The Morgan fingerprint density at radius 1 is 1.18 bits per heavy atom. The van der Waals surface area contributed by atoms with E-state index in [9.17, 15) is 9.18 Å². The molecule has 0 radical (unpaired) electrons. The third-order valence-corrected chi connectivity index (χ3v) is 6.54. The summed E-state index contributed by atoms with van der Waals surface area (Å²) >= 11 is 0. The lowest BCUT2D eigenvalue weighted by molar-refractivity contribution is -0.125. The summed E-state index contributed by atoms with van der Waals surface area (Å²) in [6, 6.07) is 18.4. The quantitative estimate of drug-likeness (QED) is 0.268. The molecule has 0 bridgehead atoms. The SMILES string of the molecule is C=C/C=C(\C=C(/C)F)CCn1cncc1CN1CC(=O)NCC1Cc1cccc(OCc2ccccc2)c1.CC. The van der Waals surface area contributed by atoms with Gasteiger partial charge in [-0.05, 0) is 54.7 Å². The van der Waals surface area contributed by atoms with Crippen LogP contribution in [-0.2, 0) is 30.9 Å². The van der Waals surface area contributed by atoms with E-state index in [1.807, 2.05) is 68.6 Å². The summed E-state index contributed by atoms with van der Waals surface area (Å²) < 4.78 is 21.5. The number of imidazole rings is 1. The molecular weight excluding hydrogens is 503 g/mol. The van der Waals surface area contributed by atoms with E-state index in [4.69, 9.17) is 4.74 Å². The number of halogens is 1. The number of piperazine rings is 1. The van der Waals surface area contributed by atoms with Gasteiger partial charge in [0.1, 0.15) is 12.4 Å². The highest BCUT2D eigenvalue weighted by Crippen LogP contribution is 2.20. The van der Waals surface area contributed by atoms with Crippen LogP contribution in [0.1, 0.15) is 44.0 Å². The normalized spacial score (nSPS) is 16.1. The van der Waals surface area contributed by atoms with E-state index in [-0.39, 0.29) is 17.8 Å². The van der Waals surface area contributed by atoms with E-state index in [1.165, 1.54) is 13.0 Å². The Balaban J connectivity index is 0.00000216. The topological polar surface area (TPSA) is 59.4 Å². The zero-order chi connectivity index (χ0) is 28.7. The number of nitrogens with one attached hydrogen (secondary N) is 1. The maximum Gasteiger partial charge on any atom is 0.234 e. The Kier molecular flexibility index (Phi) is 12.4. The number of allylic oxidation sites excluding steroid dienone is 5. The van der Waals surface area contributed by atoms with Crippen LogP contribution in [0.3, 0.4) is 0 Å². The molecule has 3 aromatic rings. The van der Waals surface area contributed by atoms with Crippen LogP contribution in [-0.4, -0.2) is 39.5 Å². The fourth-order valence-electron chi connectivity index (χ4n) is 4.64. The predicted octanol–water partition coefficient (Wildman–Crippen LogP) is 6.41. The first-order valence-corrected chi connectivity index (χ1v) is 13.9. The molecule has 1 saturated heterocycles. The number of carbonyl (C=O) groups is 1. The zero-order valence-electron chi connectivity index (χ0n) is 23.9. The van der Waals surface area contributed by atoms with Crippen molar-refractivity contribution in [2.45, 2.75) is 59.4 Å². The van der Waals surface area contributed by atoms with Crippen molar-refractivity contribution in [2.24, 2.45) is 0 Å². The van der Waals surface area contributed by atoms with Gasteiger partial charge in [0.05, 0.1) is 24.4 Å². The number of rotatable bonds is 12. The molecule has 212 valence electrons. The highest BCUT2D eigenvalue weighted by molar-refractivity contribution is 5.78. The molecule has 1 unspecified atom stereocenters. The van der Waals surface area contributed by atoms with Gasteiger partial charge in [-0.15, -0.1) is 0 Å². The van der Waals surface area contributed by atoms with Crippen molar-refractivity contribution < 1.29 is 13.9 Å². The van der Waals surface area contributed by atoms with Crippen LogP contribution in [0.4, 0.5) is 4.39 Å². The third kappa shape index (κ3) is 9.65. The van der Waals surface area contributed by atoms with Crippen LogP contribution in [0.15, 0.2) is 103 Å². The molecule has 4 rings (SSSR count). The predicted molar refractivity (Wildman–Crippen MR) is 159 cm³/mol. The Morgan fingerprint density at radius 3 is 2.70 bits per heavy atom. The fraction of sp³-hybridized carbons (Fsp3) is 0.333. The zero-order valence-corrected chi connectivity index (χ0v) is 23.9. The van der Waals surface area contributed by atoms with Gasteiger partial charge in [-0.1, -0.05) is 75.0 Å². The minimum Gasteiger partial charge on any atom is -0.489 e. The van der Waals surface area contributed by atoms with Crippen LogP contribution in [0.25, 0.3) is 0 Å². The molecule has 1 aromatic heterocycles. The number of amides is 1. The summed E-state index contributed by atoms with van der Waals surface area (Å²) in [5.74, 6) is 0.615. The molecule has 6 nitrogen and oxygen atoms in total. The van der Waals surface area contributed by atoms with Crippen molar-refractivity contribution in [3.63, 3.8) is 0 Å². The van der Waals surface area contributed by atoms with Crippen molar-refractivity contribution >= 4 is 5.91 Å². The molecule has 1 fully saturated rings. The average molecular weight is 545 g/mol. The Hall–Kier alpha value is -3.97. The van der Waals surface area contributed by atoms with Crippen molar-refractivity contribution in [3.05, 3.63) is 120 Å². The van der Waals surface area contributed by atoms with Crippen molar-refractivity contribution in [1.82, 2.24) is 19.8 Å². The number of aryl methyl sites for hydroxylation is 1. The van der Waals surface area contributed by atoms with Crippen molar-refractivity contribution in [2.75, 3.05) is 13.1 Å². The maximum absolute atomic E-state index is 13.4. The lowest BCUT2D eigenvalue weighted by Gasteiger charge is -2.35. The van der Waals surface area contributed by atoms with Gasteiger partial charge in [-0.25, -0.2) is 9.37 Å². The Labute approximate surface area is 237 Å². The number of nitrogens with zero attached hydrogens (tertiary/aromatic N) is 3. The van der Waals surface area contributed by atoms with E-state index in [1.54, 1.807) is 12.4 Å². The molecule has 2 heterocycles. The van der Waals surface area contributed by atoms with Crippen LogP contribution in [0, 0.1) is 0 Å². The largest absolute Gasteiger partial charge is 0.489 e. The number of carbonyl (C=O) groups excluding carboxylic acids is 1. The van der Waals surface area contributed by atoms with E-state index in [0.717, 1.165) is 34.6 Å². The summed E-state index contributed by atoms with van der Waals surface area (Å²) in [5.41, 5.74) is 4.16. The van der Waals surface area contributed by atoms with Gasteiger partial charge in [-0.3, -0.25) is 9.69 Å². The second-order valence-electron chi connectivity index (χ2n) is 9.53. The van der Waals surface area contributed by atoms with E-state index in [2.05, 4.69) is 38.5 Å². The maximum atomic E-state index is 13.4. The average Bonchev–Trinajstić information content (AvgIpc) is 3.40. The van der Waals surface area contributed by atoms with Crippen LogP contribution < -0.4 is 10.1 Å². The first-order chi connectivity index (χ1) is 19.5. The van der Waals surface area contributed by atoms with Gasteiger partial charge in [0.25, 0.3) is 0 Å². The summed E-state index contributed by atoms with van der Waals surface area (Å²) in [6.45, 7) is 11.8. The van der Waals surface area contributed by atoms with Crippen molar-refractivity contribution in [1.29, 1.82) is 0 Å². The van der Waals surface area contributed by atoms with Gasteiger partial charge in [0.2, 0.25) is 5.91 Å². The molecule has 0 spiro atoms. The molecule has 1 amide bonds. The Morgan fingerprint density at radius 2 is 1.95 bits per heavy atom. The van der Waals surface area contributed by atoms with Crippen LogP contribution >= 0.6 is 0 Å². The number of benzene rings is 2. The Bertz CT molecular complexity index is 1280. The second-order valence-corrected chi connectivity index (χ2v) is 9.53. The molecule has 1 atom stereocenters. The molecule has 1 aliphatic rings. The van der Waals surface area contributed by atoms with Gasteiger partial charge >= 0.3 is 0 Å². The molecule has 1 N–H and O–H groups in total. The molecule has 7 heteroatoms. The lowest BCUT2D eigenvalue weighted by Crippen LogP contribution is -2.54. The van der Waals surface area contributed by atoms with Gasteiger partial charge in [0.15, 0.2) is 0 Å². The molecular formula is C33H41FN4O2. The van der Waals surface area contributed by atoms with Gasteiger partial charge in [-0.2, -0.15) is 0 Å². The fourth-order valence-corrected chi connectivity index (χ4v) is 4.64. The van der Waals surface area contributed by atoms with E-state index < -0.39 is 0 Å². The minimum atomic E-state index is -0.235. The monoisotopic (exact) mass is 544 g/mol. The molecule has 2 aromatic carbocycles. The highest BCUT2D eigenvalue weighted by atomic mass is 19.1. The second kappa shape index (κ2) is 16.2. The van der Waals surface area contributed by atoms with Crippen molar-refractivity contribution in [3.8, 4) is 5.75 Å². The first kappa shape index (κ1) is 30.6. The molecule has 0 saturated carbocycles. The van der Waals surface area contributed by atoms with Crippen LogP contribution in [0.5, 0.6) is 5.75 Å². The van der Waals surface area contributed by atoms with E-state index >= 15 is 0 Å². The van der Waals surface area contributed by atoms with E-state index in [0.29, 0.717) is 39.2 Å². The first-order valence-electron chi connectivity index (χ1n) is 13.9. The number of hydrogen-bond acceptors (Lipinski definition) is 4. The number of aromatic nitrogens is 2. The van der Waals surface area contributed by atoms with Gasteiger partial charge in [0, 0.05) is 31.9 Å². The summed E-state index contributed by atoms with van der Waals surface area (Å²) in [7, 11) is 0. The van der Waals surface area contributed by atoms with Crippen LogP contribution in [0.2, 0.25) is 0 Å². The lowest BCUT2D eigenvalue weighted by atomic mass is 10.0. The summed E-state index contributed by atoms with van der Waals surface area (Å²) in [4.78, 5) is 18.8. The highest BCUT2D eigenvalue weighted by Gasteiger charge is 2.27. The summed E-state index contributed by atoms with van der Waals surface area (Å²) in [6.07, 6.45) is 10.1. The molecule has 40 heavy (non-hydrogen) atoms. The van der Waals surface area contributed by atoms with Gasteiger partial charge < -0.3 is 14.6 Å². The minimum absolute atomic E-state index is 0.0204. The smallest absolute Gasteiger partial charge is 0.234 e. The number of hydrogen-bond donors (Lipinski definition) is 1.